The van der Waals surface area contributed by atoms with Gasteiger partial charge in [-0.2, -0.15) is 0 Å². The van der Waals surface area contributed by atoms with Crippen LogP contribution in [-0.4, -0.2) is 29.6 Å². The van der Waals surface area contributed by atoms with Crippen LogP contribution < -0.4 is 5.32 Å². The number of hydrogen-bond donors (Lipinski definition) is 1. The first-order chi connectivity index (χ1) is 10.2. The molecule has 0 amide bonds. The van der Waals surface area contributed by atoms with Gasteiger partial charge in [0.2, 0.25) is 0 Å². The number of thiophene rings is 1. The molecule has 21 heavy (non-hydrogen) atoms. The second-order valence-corrected chi connectivity index (χ2v) is 7.81. The van der Waals surface area contributed by atoms with Crippen molar-refractivity contribution >= 4 is 11.3 Å². The van der Waals surface area contributed by atoms with Gasteiger partial charge >= 0.3 is 0 Å². The third kappa shape index (κ3) is 2.80. The van der Waals surface area contributed by atoms with Crippen LogP contribution in [-0.2, 0) is 6.42 Å². The Bertz CT molecular complexity index is 464. The van der Waals surface area contributed by atoms with E-state index in [4.69, 9.17) is 0 Å². The minimum Gasteiger partial charge on any atom is -0.308 e. The molecule has 0 bridgehead atoms. The van der Waals surface area contributed by atoms with Crippen LogP contribution >= 0.6 is 11.3 Å². The normalized spacial score (nSPS) is 29.3. The first-order valence-corrected chi connectivity index (χ1v) is 9.68. The van der Waals surface area contributed by atoms with Crippen LogP contribution in [0.3, 0.4) is 0 Å². The van der Waals surface area contributed by atoms with Gasteiger partial charge in [0.05, 0.1) is 0 Å². The van der Waals surface area contributed by atoms with Crippen molar-refractivity contribution in [3.8, 4) is 0 Å². The van der Waals surface area contributed by atoms with Gasteiger partial charge in [0.1, 0.15) is 0 Å². The average Bonchev–Trinajstić information content (AvgIpc) is 3.02. The molecular weight excluding hydrogens is 276 g/mol. The molecule has 1 aliphatic carbocycles. The largest absolute Gasteiger partial charge is 0.308 e. The second kappa shape index (κ2) is 6.39. The van der Waals surface area contributed by atoms with Gasteiger partial charge < -0.3 is 5.32 Å². The van der Waals surface area contributed by atoms with Crippen molar-refractivity contribution in [3.05, 3.63) is 21.9 Å². The molecule has 2 nitrogen and oxygen atoms in total. The quantitative estimate of drug-likeness (QED) is 0.888. The number of aryl methyl sites for hydroxylation is 1. The summed E-state index contributed by atoms with van der Waals surface area (Å²) in [6, 6.07) is 3.77. The summed E-state index contributed by atoms with van der Waals surface area (Å²) in [5.74, 6) is 0. The maximum absolute atomic E-state index is 3.88. The molecule has 2 atom stereocenters. The highest BCUT2D eigenvalue weighted by Gasteiger charge is 2.40. The molecule has 2 unspecified atom stereocenters. The minimum atomic E-state index is 0.333. The maximum Gasteiger partial charge on any atom is 0.0363 e. The molecule has 0 radical (unpaired) electrons. The molecule has 3 heteroatoms. The Kier molecular flexibility index (Phi) is 4.72. The Balaban J connectivity index is 1.88. The lowest BCUT2D eigenvalue weighted by Gasteiger charge is -2.51. The van der Waals surface area contributed by atoms with Crippen molar-refractivity contribution in [2.75, 3.05) is 13.1 Å². The third-order valence-corrected chi connectivity index (χ3v) is 6.91. The van der Waals surface area contributed by atoms with Gasteiger partial charge in [0.15, 0.2) is 0 Å². The molecule has 1 fully saturated rings. The van der Waals surface area contributed by atoms with Crippen molar-refractivity contribution in [2.24, 2.45) is 0 Å². The van der Waals surface area contributed by atoms with Crippen LogP contribution in [0.2, 0.25) is 0 Å². The molecule has 0 spiro atoms. The zero-order chi connectivity index (χ0) is 14.9. The Morgan fingerprint density at radius 1 is 1.33 bits per heavy atom. The summed E-state index contributed by atoms with van der Waals surface area (Å²) in [7, 11) is 0. The summed E-state index contributed by atoms with van der Waals surface area (Å²) in [4.78, 5) is 4.51. The number of nitrogens with zero attached hydrogens (tertiary/aromatic N) is 1. The molecule has 1 saturated heterocycles. The highest BCUT2D eigenvalue weighted by Crippen LogP contribution is 2.40. The second-order valence-electron chi connectivity index (χ2n) is 6.81. The zero-order valence-corrected chi connectivity index (χ0v) is 14.6. The minimum absolute atomic E-state index is 0.333. The fourth-order valence-corrected chi connectivity index (χ4v) is 5.24. The van der Waals surface area contributed by atoms with Crippen LogP contribution in [0, 0.1) is 0 Å². The van der Waals surface area contributed by atoms with Crippen LogP contribution in [0.1, 0.15) is 69.4 Å². The Hall–Kier alpha value is -0.380. The Morgan fingerprint density at radius 2 is 2.14 bits per heavy atom. The van der Waals surface area contributed by atoms with Crippen molar-refractivity contribution in [1.29, 1.82) is 0 Å². The number of fused-ring (bicyclic) bond motifs is 1. The summed E-state index contributed by atoms with van der Waals surface area (Å²) >= 11 is 1.97. The highest BCUT2D eigenvalue weighted by molar-refractivity contribution is 7.10. The lowest BCUT2D eigenvalue weighted by atomic mass is 9.84. The summed E-state index contributed by atoms with van der Waals surface area (Å²) in [5, 5.41) is 6.19. The monoisotopic (exact) mass is 306 g/mol. The van der Waals surface area contributed by atoms with Crippen molar-refractivity contribution in [1.82, 2.24) is 10.2 Å². The Labute approximate surface area is 133 Å². The van der Waals surface area contributed by atoms with E-state index in [1.807, 2.05) is 11.3 Å². The molecule has 1 N–H and O–H groups in total. The molecule has 0 aromatic carbocycles. The summed E-state index contributed by atoms with van der Waals surface area (Å²) in [6.45, 7) is 9.42. The SMILES string of the molecule is CCC1CNC(CC)(CC)CN1C1CCCc2sccc21. The summed E-state index contributed by atoms with van der Waals surface area (Å²) in [5.41, 5.74) is 1.98. The smallest absolute Gasteiger partial charge is 0.0363 e. The topological polar surface area (TPSA) is 15.3 Å². The summed E-state index contributed by atoms with van der Waals surface area (Å²) < 4.78 is 0. The molecule has 2 aliphatic rings. The van der Waals surface area contributed by atoms with E-state index in [1.165, 1.54) is 45.1 Å². The van der Waals surface area contributed by atoms with Gasteiger partial charge in [-0.25, -0.2) is 0 Å². The van der Waals surface area contributed by atoms with Gasteiger partial charge in [0.25, 0.3) is 0 Å². The Morgan fingerprint density at radius 3 is 2.86 bits per heavy atom. The molecule has 1 aliphatic heterocycles. The molecule has 2 heterocycles. The number of rotatable bonds is 4. The van der Waals surface area contributed by atoms with Gasteiger partial charge in [-0.3, -0.25) is 4.90 Å². The first kappa shape index (κ1) is 15.5. The molecular formula is C18H30N2S. The van der Waals surface area contributed by atoms with Crippen LogP contribution in [0.15, 0.2) is 11.4 Å². The standard InChI is InChI=1S/C18H30N2S/c1-4-14-12-19-18(5-2,6-3)13-20(14)16-8-7-9-17-15(16)10-11-21-17/h10-11,14,16,19H,4-9,12-13H2,1-3H3. The van der Waals surface area contributed by atoms with Gasteiger partial charge in [0, 0.05) is 35.6 Å². The predicted octanol–water partition coefficient (Wildman–Crippen LogP) is 4.37. The van der Waals surface area contributed by atoms with Crippen LogP contribution in [0.4, 0.5) is 0 Å². The van der Waals surface area contributed by atoms with Gasteiger partial charge in [-0.1, -0.05) is 20.8 Å². The number of hydrogen-bond acceptors (Lipinski definition) is 3. The highest BCUT2D eigenvalue weighted by atomic mass is 32.1. The maximum atomic E-state index is 3.88. The van der Waals surface area contributed by atoms with Gasteiger partial charge in [-0.05, 0) is 55.5 Å². The van der Waals surface area contributed by atoms with E-state index in [-0.39, 0.29) is 0 Å². The zero-order valence-electron chi connectivity index (χ0n) is 13.8. The fourth-order valence-electron chi connectivity index (χ4n) is 4.26. The van der Waals surface area contributed by atoms with Crippen LogP contribution in [0.25, 0.3) is 0 Å². The van der Waals surface area contributed by atoms with Crippen molar-refractivity contribution < 1.29 is 0 Å². The molecule has 0 saturated carbocycles. The molecule has 118 valence electrons. The van der Waals surface area contributed by atoms with Crippen molar-refractivity contribution in [2.45, 2.75) is 76.9 Å². The van der Waals surface area contributed by atoms with E-state index >= 15 is 0 Å². The van der Waals surface area contributed by atoms with Gasteiger partial charge in [-0.15, -0.1) is 11.3 Å². The van der Waals surface area contributed by atoms with Crippen molar-refractivity contribution in [3.63, 3.8) is 0 Å². The first-order valence-electron chi connectivity index (χ1n) is 8.80. The van der Waals surface area contributed by atoms with E-state index in [0.29, 0.717) is 17.6 Å². The van der Waals surface area contributed by atoms with E-state index < -0.39 is 0 Å². The predicted molar refractivity (Wildman–Crippen MR) is 92.1 cm³/mol. The third-order valence-electron chi connectivity index (χ3n) is 5.91. The molecule has 1 aromatic rings. The van der Waals surface area contributed by atoms with E-state index in [9.17, 15) is 0 Å². The number of nitrogens with one attached hydrogen (secondary N) is 1. The molecule has 1 aromatic heterocycles. The van der Waals surface area contributed by atoms with E-state index in [0.717, 1.165) is 6.54 Å². The lowest BCUT2D eigenvalue weighted by molar-refractivity contribution is 0.0281. The fraction of sp³-hybridized carbons (Fsp3) is 0.778. The summed E-state index contributed by atoms with van der Waals surface area (Å²) in [6.07, 6.45) is 7.75. The number of piperazine rings is 1. The average molecular weight is 307 g/mol. The lowest BCUT2D eigenvalue weighted by Crippen LogP contribution is -2.64. The van der Waals surface area contributed by atoms with Crippen LogP contribution in [0.5, 0.6) is 0 Å². The van der Waals surface area contributed by atoms with E-state index in [1.54, 1.807) is 10.4 Å². The van der Waals surface area contributed by atoms with E-state index in [2.05, 4.69) is 42.4 Å². The molecule has 3 rings (SSSR count).